The van der Waals surface area contributed by atoms with Crippen molar-refractivity contribution in [1.29, 1.82) is 0 Å². The third-order valence-corrected chi connectivity index (χ3v) is 5.27. The topological polar surface area (TPSA) is 69.3 Å². The number of nitrogens with zero attached hydrogens (tertiary/aromatic N) is 3. The number of aromatic amines is 1. The maximum Gasteiger partial charge on any atom is 0.274 e. The van der Waals surface area contributed by atoms with Gasteiger partial charge in [0.15, 0.2) is 5.69 Å². The number of likely N-dealkylation sites (tertiary alicyclic amines) is 2. The molecule has 21 heavy (non-hydrogen) atoms. The van der Waals surface area contributed by atoms with Crippen LogP contribution in [0.2, 0.25) is 0 Å². The molecule has 112 valence electrons. The van der Waals surface area contributed by atoms with Crippen molar-refractivity contribution in [3.63, 3.8) is 0 Å². The van der Waals surface area contributed by atoms with Gasteiger partial charge in [0.2, 0.25) is 5.91 Å². The largest absolute Gasteiger partial charge is 0.345 e. The summed E-state index contributed by atoms with van der Waals surface area (Å²) in [4.78, 5) is 28.6. The van der Waals surface area contributed by atoms with Crippen molar-refractivity contribution in [1.82, 2.24) is 20.0 Å². The van der Waals surface area contributed by atoms with Crippen LogP contribution in [0, 0.1) is 11.8 Å². The summed E-state index contributed by atoms with van der Waals surface area (Å²) in [7, 11) is 1.85. The van der Waals surface area contributed by atoms with Gasteiger partial charge < -0.3 is 9.80 Å². The standard InChI is InChI=1S/C15H20N4O2/c1-18-6-5-9-7-19(8-11(9)14(18)20)15(21)13-10-3-2-4-12(10)16-17-13/h9,11H,2-8H2,1H3,(H,16,17)/t9-,11+/m1/s1. The molecule has 0 unspecified atom stereocenters. The summed E-state index contributed by atoms with van der Waals surface area (Å²) in [5, 5.41) is 7.22. The van der Waals surface area contributed by atoms with Crippen molar-refractivity contribution in [3.8, 4) is 0 Å². The SMILES string of the molecule is CN1CC[C@@H]2CN(C(=O)c3n[nH]c4c3CCC4)C[C@@H]2C1=O. The lowest BCUT2D eigenvalue weighted by atomic mass is 9.88. The van der Waals surface area contributed by atoms with E-state index in [1.807, 2.05) is 11.9 Å². The van der Waals surface area contributed by atoms with E-state index in [4.69, 9.17) is 0 Å². The van der Waals surface area contributed by atoms with Crippen LogP contribution in [0.15, 0.2) is 0 Å². The molecule has 1 aromatic heterocycles. The first-order valence-electron chi connectivity index (χ1n) is 7.75. The first-order chi connectivity index (χ1) is 10.1. The number of piperidine rings is 1. The third-order valence-electron chi connectivity index (χ3n) is 5.27. The fraction of sp³-hybridized carbons (Fsp3) is 0.667. The number of H-pyrrole nitrogens is 1. The van der Waals surface area contributed by atoms with Crippen LogP contribution in [0.1, 0.15) is 34.6 Å². The minimum Gasteiger partial charge on any atom is -0.345 e. The molecule has 0 radical (unpaired) electrons. The molecule has 1 N–H and O–H groups in total. The monoisotopic (exact) mass is 288 g/mol. The smallest absolute Gasteiger partial charge is 0.274 e. The van der Waals surface area contributed by atoms with Gasteiger partial charge in [0.05, 0.1) is 5.92 Å². The van der Waals surface area contributed by atoms with Crippen molar-refractivity contribution in [3.05, 3.63) is 17.0 Å². The van der Waals surface area contributed by atoms with Gasteiger partial charge >= 0.3 is 0 Å². The Hall–Kier alpha value is -1.85. The third kappa shape index (κ3) is 1.88. The van der Waals surface area contributed by atoms with Crippen LogP contribution in [-0.4, -0.2) is 58.5 Å². The number of amides is 2. The summed E-state index contributed by atoms with van der Waals surface area (Å²) >= 11 is 0. The highest BCUT2D eigenvalue weighted by Crippen LogP contribution is 2.33. The second-order valence-corrected chi connectivity index (χ2v) is 6.51. The van der Waals surface area contributed by atoms with Crippen molar-refractivity contribution >= 4 is 11.8 Å². The second-order valence-electron chi connectivity index (χ2n) is 6.51. The van der Waals surface area contributed by atoms with Crippen LogP contribution in [0.5, 0.6) is 0 Å². The summed E-state index contributed by atoms with van der Waals surface area (Å²) in [6.07, 6.45) is 4.02. The van der Waals surface area contributed by atoms with E-state index in [1.54, 1.807) is 4.90 Å². The maximum atomic E-state index is 12.7. The van der Waals surface area contributed by atoms with Crippen molar-refractivity contribution in [2.24, 2.45) is 11.8 Å². The molecule has 1 aromatic rings. The van der Waals surface area contributed by atoms with Crippen LogP contribution >= 0.6 is 0 Å². The van der Waals surface area contributed by atoms with Crippen molar-refractivity contribution in [2.45, 2.75) is 25.7 Å². The van der Waals surface area contributed by atoms with Crippen LogP contribution < -0.4 is 0 Å². The lowest BCUT2D eigenvalue weighted by Gasteiger charge is -2.30. The van der Waals surface area contributed by atoms with E-state index >= 15 is 0 Å². The van der Waals surface area contributed by atoms with Crippen LogP contribution in [0.25, 0.3) is 0 Å². The molecule has 2 saturated heterocycles. The molecule has 4 rings (SSSR count). The Morgan fingerprint density at radius 3 is 3.05 bits per heavy atom. The number of carbonyl (C=O) groups is 2. The van der Waals surface area contributed by atoms with Crippen LogP contribution in [0.3, 0.4) is 0 Å². The number of aromatic nitrogens is 2. The van der Waals surface area contributed by atoms with Gasteiger partial charge in [-0.25, -0.2) is 0 Å². The molecule has 3 aliphatic rings. The molecule has 0 bridgehead atoms. The molecule has 2 fully saturated rings. The lowest BCUT2D eigenvalue weighted by Crippen LogP contribution is -2.42. The predicted octanol–water partition coefficient (Wildman–Crippen LogP) is 0.449. The lowest BCUT2D eigenvalue weighted by molar-refractivity contribution is -0.137. The first kappa shape index (κ1) is 12.9. The van der Waals surface area contributed by atoms with Crippen LogP contribution in [0.4, 0.5) is 0 Å². The van der Waals surface area contributed by atoms with E-state index in [9.17, 15) is 9.59 Å². The number of hydrogen-bond donors (Lipinski definition) is 1. The molecule has 0 saturated carbocycles. The maximum absolute atomic E-state index is 12.7. The molecule has 2 aliphatic heterocycles. The fourth-order valence-corrected chi connectivity index (χ4v) is 4.01. The van der Waals surface area contributed by atoms with E-state index in [-0.39, 0.29) is 17.7 Å². The molecular weight excluding hydrogens is 268 g/mol. The van der Waals surface area contributed by atoms with E-state index in [0.717, 1.165) is 43.5 Å². The predicted molar refractivity (Wildman–Crippen MR) is 75.8 cm³/mol. The normalized spacial score (nSPS) is 28.0. The number of carbonyl (C=O) groups excluding carboxylic acids is 2. The minimum absolute atomic E-state index is 0.000692. The summed E-state index contributed by atoms with van der Waals surface area (Å²) in [6.45, 7) is 2.05. The Morgan fingerprint density at radius 1 is 1.33 bits per heavy atom. The number of fused-ring (bicyclic) bond motifs is 2. The highest BCUT2D eigenvalue weighted by molar-refractivity contribution is 5.95. The van der Waals surface area contributed by atoms with Crippen LogP contribution in [-0.2, 0) is 17.6 Å². The average Bonchev–Trinajstić information content (AvgIpc) is 3.16. The van der Waals surface area contributed by atoms with Crippen molar-refractivity contribution in [2.75, 3.05) is 26.7 Å². The molecule has 2 atom stereocenters. The quantitative estimate of drug-likeness (QED) is 0.815. The zero-order chi connectivity index (χ0) is 14.6. The Bertz CT molecular complexity index is 609. The van der Waals surface area contributed by atoms with Crippen molar-refractivity contribution < 1.29 is 9.59 Å². The average molecular weight is 288 g/mol. The van der Waals surface area contributed by atoms with E-state index in [2.05, 4.69) is 10.2 Å². The van der Waals surface area contributed by atoms with Gasteiger partial charge in [0.25, 0.3) is 5.91 Å². The van der Waals surface area contributed by atoms with E-state index in [1.165, 1.54) is 0 Å². The number of aryl methyl sites for hydroxylation is 1. The summed E-state index contributed by atoms with van der Waals surface area (Å²) in [5.74, 6) is 0.498. The molecule has 6 heteroatoms. The Kier molecular flexibility index (Phi) is 2.80. The van der Waals surface area contributed by atoms with Gasteiger partial charge in [0, 0.05) is 37.9 Å². The van der Waals surface area contributed by atoms with Gasteiger partial charge in [-0.1, -0.05) is 0 Å². The summed E-state index contributed by atoms with van der Waals surface area (Å²) in [6, 6.07) is 0. The van der Waals surface area contributed by atoms with Gasteiger partial charge in [-0.05, 0) is 31.6 Å². The van der Waals surface area contributed by atoms with Gasteiger partial charge in [-0.3, -0.25) is 14.7 Å². The minimum atomic E-state index is -0.0142. The molecular formula is C15H20N4O2. The molecule has 1 aliphatic carbocycles. The number of rotatable bonds is 1. The van der Waals surface area contributed by atoms with Gasteiger partial charge in [-0.2, -0.15) is 5.10 Å². The molecule has 6 nitrogen and oxygen atoms in total. The Morgan fingerprint density at radius 2 is 2.19 bits per heavy atom. The molecule has 3 heterocycles. The van der Waals surface area contributed by atoms with E-state index < -0.39 is 0 Å². The Balaban J connectivity index is 1.55. The van der Waals surface area contributed by atoms with Gasteiger partial charge in [-0.15, -0.1) is 0 Å². The molecule has 2 amide bonds. The zero-order valence-corrected chi connectivity index (χ0v) is 12.3. The van der Waals surface area contributed by atoms with E-state index in [0.29, 0.717) is 24.7 Å². The molecule has 0 spiro atoms. The second kappa shape index (κ2) is 4.58. The summed E-state index contributed by atoms with van der Waals surface area (Å²) < 4.78 is 0. The highest BCUT2D eigenvalue weighted by atomic mass is 16.2. The summed E-state index contributed by atoms with van der Waals surface area (Å²) in [5.41, 5.74) is 2.80. The number of hydrogen-bond acceptors (Lipinski definition) is 3. The highest BCUT2D eigenvalue weighted by Gasteiger charge is 2.44. The first-order valence-corrected chi connectivity index (χ1v) is 7.75. The Labute approximate surface area is 123 Å². The zero-order valence-electron chi connectivity index (χ0n) is 12.3. The number of nitrogens with one attached hydrogen (secondary N) is 1. The van der Waals surface area contributed by atoms with Gasteiger partial charge in [0.1, 0.15) is 0 Å². The fourth-order valence-electron chi connectivity index (χ4n) is 4.01. The molecule has 0 aromatic carbocycles.